The van der Waals surface area contributed by atoms with Crippen LogP contribution in [0.5, 0.6) is 0 Å². The molecule has 2 heterocycles. The molecule has 2 aromatic heterocycles. The number of para-hydroxylation sites is 1. The molecule has 2 aliphatic carbocycles. The van der Waals surface area contributed by atoms with Gasteiger partial charge in [-0.15, -0.1) is 0 Å². The van der Waals surface area contributed by atoms with Gasteiger partial charge in [-0.2, -0.15) is 0 Å². The van der Waals surface area contributed by atoms with E-state index in [0.29, 0.717) is 22.9 Å². The molecule has 0 aliphatic heterocycles. The lowest BCUT2D eigenvalue weighted by molar-refractivity contribution is -0.152. The highest BCUT2D eigenvalue weighted by atomic mass is 16.5. The van der Waals surface area contributed by atoms with Crippen LogP contribution < -0.4 is 5.56 Å². The first kappa shape index (κ1) is 14.7. The average molecular weight is 338 g/mol. The molecule has 0 saturated heterocycles. The molecule has 6 heteroatoms. The summed E-state index contributed by atoms with van der Waals surface area (Å²) in [7, 11) is 0. The van der Waals surface area contributed by atoms with Gasteiger partial charge in [0.2, 0.25) is 5.58 Å². The molecule has 2 aliphatic rings. The standard InChI is InChI=1S/C19H18N2O4/c22-16(24-15-8-11-5-6-12(15)7-11)9-21-10-20-17-13-3-1-2-4-14(13)25-18(17)19(21)23/h1-4,10-12,15H,5-9H2/t11-,12-,15-/m0/s1. The predicted octanol–water partition coefficient (Wildman–Crippen LogP) is 2.87. The Labute approximate surface area is 143 Å². The molecule has 2 bridgehead atoms. The highest BCUT2D eigenvalue weighted by Gasteiger charge is 2.41. The van der Waals surface area contributed by atoms with Gasteiger partial charge >= 0.3 is 5.97 Å². The monoisotopic (exact) mass is 338 g/mol. The van der Waals surface area contributed by atoms with Gasteiger partial charge in [-0.25, -0.2) is 4.98 Å². The van der Waals surface area contributed by atoms with Gasteiger partial charge in [0.05, 0.1) is 6.33 Å². The van der Waals surface area contributed by atoms with Crippen LogP contribution in [0, 0.1) is 11.8 Å². The Balaban J connectivity index is 1.41. The largest absolute Gasteiger partial charge is 0.461 e. The first-order valence-electron chi connectivity index (χ1n) is 8.75. The van der Waals surface area contributed by atoms with Gasteiger partial charge in [0, 0.05) is 5.39 Å². The Morgan fingerprint density at radius 2 is 2.16 bits per heavy atom. The number of carbonyl (C=O) groups excluding carboxylic acids is 1. The van der Waals surface area contributed by atoms with Gasteiger partial charge in [0.25, 0.3) is 5.56 Å². The number of ether oxygens (including phenoxy) is 1. The zero-order chi connectivity index (χ0) is 17.0. The molecule has 128 valence electrons. The van der Waals surface area contributed by atoms with Crippen molar-refractivity contribution in [3.8, 4) is 0 Å². The molecule has 2 saturated carbocycles. The molecule has 0 N–H and O–H groups in total. The number of rotatable bonds is 3. The summed E-state index contributed by atoms with van der Waals surface area (Å²) < 4.78 is 12.5. The summed E-state index contributed by atoms with van der Waals surface area (Å²) in [6.07, 6.45) is 5.95. The van der Waals surface area contributed by atoms with Crippen LogP contribution in [-0.2, 0) is 16.1 Å². The first-order valence-corrected chi connectivity index (χ1v) is 8.75. The molecule has 5 rings (SSSR count). The van der Waals surface area contributed by atoms with E-state index < -0.39 is 0 Å². The van der Waals surface area contributed by atoms with Gasteiger partial charge in [-0.3, -0.25) is 14.2 Å². The third-order valence-corrected chi connectivity index (χ3v) is 5.61. The third-order valence-electron chi connectivity index (χ3n) is 5.61. The number of hydrogen-bond acceptors (Lipinski definition) is 5. The molecule has 25 heavy (non-hydrogen) atoms. The second-order valence-corrected chi connectivity index (χ2v) is 7.16. The quantitative estimate of drug-likeness (QED) is 0.687. The second kappa shape index (κ2) is 5.44. The summed E-state index contributed by atoms with van der Waals surface area (Å²) in [6, 6.07) is 7.37. The molecule has 3 atom stereocenters. The van der Waals surface area contributed by atoms with E-state index in [1.165, 1.54) is 23.7 Å². The minimum Gasteiger partial charge on any atom is -0.461 e. The van der Waals surface area contributed by atoms with Crippen LogP contribution in [-0.4, -0.2) is 21.6 Å². The van der Waals surface area contributed by atoms with E-state index in [9.17, 15) is 9.59 Å². The molecule has 0 amide bonds. The number of nitrogens with zero attached hydrogens (tertiary/aromatic N) is 2. The Bertz CT molecular complexity index is 1030. The molecule has 2 fully saturated rings. The minimum absolute atomic E-state index is 0.0184. The number of benzene rings is 1. The van der Waals surface area contributed by atoms with Crippen molar-refractivity contribution in [2.24, 2.45) is 11.8 Å². The lowest BCUT2D eigenvalue weighted by atomic mass is 9.98. The Kier molecular flexibility index (Phi) is 3.20. The average Bonchev–Trinajstić information content (AvgIpc) is 3.31. The summed E-state index contributed by atoms with van der Waals surface area (Å²) in [5.41, 5.74) is 0.963. The van der Waals surface area contributed by atoms with E-state index in [-0.39, 0.29) is 29.8 Å². The normalized spacial score (nSPS) is 25.0. The van der Waals surface area contributed by atoms with Crippen molar-refractivity contribution in [1.82, 2.24) is 9.55 Å². The maximum atomic E-state index is 12.6. The van der Waals surface area contributed by atoms with Gasteiger partial charge in [-0.05, 0) is 49.7 Å². The van der Waals surface area contributed by atoms with E-state index in [1.54, 1.807) is 6.07 Å². The lowest BCUT2D eigenvalue weighted by Gasteiger charge is -2.21. The second-order valence-electron chi connectivity index (χ2n) is 7.16. The van der Waals surface area contributed by atoms with E-state index in [1.807, 2.05) is 18.2 Å². The number of aromatic nitrogens is 2. The predicted molar refractivity (Wildman–Crippen MR) is 91.1 cm³/mol. The fourth-order valence-corrected chi connectivity index (χ4v) is 4.40. The van der Waals surface area contributed by atoms with Gasteiger partial charge in [0.1, 0.15) is 23.7 Å². The van der Waals surface area contributed by atoms with Crippen molar-refractivity contribution in [2.75, 3.05) is 0 Å². The van der Waals surface area contributed by atoms with Crippen LogP contribution in [0.25, 0.3) is 22.1 Å². The zero-order valence-electron chi connectivity index (χ0n) is 13.7. The van der Waals surface area contributed by atoms with E-state index >= 15 is 0 Å². The van der Waals surface area contributed by atoms with Crippen LogP contribution in [0.2, 0.25) is 0 Å². The Morgan fingerprint density at radius 3 is 2.96 bits per heavy atom. The van der Waals surface area contributed by atoms with Crippen molar-refractivity contribution in [2.45, 2.75) is 38.3 Å². The number of fused-ring (bicyclic) bond motifs is 5. The number of furan rings is 1. The molecule has 0 unspecified atom stereocenters. The van der Waals surface area contributed by atoms with E-state index in [0.717, 1.165) is 18.2 Å². The Morgan fingerprint density at radius 1 is 1.28 bits per heavy atom. The highest BCUT2D eigenvalue weighted by Crippen LogP contribution is 2.45. The van der Waals surface area contributed by atoms with Crippen molar-refractivity contribution in [1.29, 1.82) is 0 Å². The summed E-state index contributed by atoms with van der Waals surface area (Å²) in [5.74, 6) is 0.831. The van der Waals surface area contributed by atoms with Crippen LogP contribution in [0.1, 0.15) is 25.7 Å². The van der Waals surface area contributed by atoms with Crippen LogP contribution >= 0.6 is 0 Å². The highest BCUT2D eigenvalue weighted by molar-refractivity contribution is 6.01. The van der Waals surface area contributed by atoms with Crippen molar-refractivity contribution in [3.05, 3.63) is 40.9 Å². The fraction of sp³-hybridized carbons (Fsp3) is 0.421. The fourth-order valence-electron chi connectivity index (χ4n) is 4.40. The lowest BCUT2D eigenvalue weighted by Crippen LogP contribution is -2.30. The molecular formula is C19H18N2O4. The van der Waals surface area contributed by atoms with Crippen molar-refractivity contribution < 1.29 is 13.9 Å². The molecule has 0 radical (unpaired) electrons. The SMILES string of the molecule is O=C(Cn1cnc2c(oc3ccccc32)c1=O)O[C@H]1C[C@H]2CC[C@H]1C2. The van der Waals surface area contributed by atoms with Crippen LogP contribution in [0.4, 0.5) is 0 Å². The number of esters is 1. The molecule has 6 nitrogen and oxygen atoms in total. The summed E-state index contributed by atoms with van der Waals surface area (Å²) in [6.45, 7) is -0.132. The molecular weight excluding hydrogens is 320 g/mol. The molecule has 0 spiro atoms. The number of carbonyl (C=O) groups is 1. The topological polar surface area (TPSA) is 74.3 Å². The zero-order valence-corrected chi connectivity index (χ0v) is 13.7. The van der Waals surface area contributed by atoms with E-state index in [4.69, 9.17) is 9.15 Å². The molecule has 3 aromatic rings. The van der Waals surface area contributed by atoms with Gasteiger partial charge in [-0.1, -0.05) is 12.1 Å². The smallest absolute Gasteiger partial charge is 0.326 e. The maximum absolute atomic E-state index is 12.6. The van der Waals surface area contributed by atoms with Crippen molar-refractivity contribution in [3.63, 3.8) is 0 Å². The molecule has 1 aromatic carbocycles. The van der Waals surface area contributed by atoms with Crippen LogP contribution in [0.15, 0.2) is 39.8 Å². The summed E-state index contributed by atoms with van der Waals surface area (Å²) in [4.78, 5) is 29.2. The number of hydrogen-bond donors (Lipinski definition) is 0. The summed E-state index contributed by atoms with van der Waals surface area (Å²) in [5, 5.41) is 0.798. The van der Waals surface area contributed by atoms with Gasteiger partial charge < -0.3 is 9.15 Å². The van der Waals surface area contributed by atoms with E-state index in [2.05, 4.69) is 4.98 Å². The first-order chi connectivity index (χ1) is 12.2. The van der Waals surface area contributed by atoms with Crippen LogP contribution in [0.3, 0.4) is 0 Å². The Hall–Kier alpha value is -2.63. The van der Waals surface area contributed by atoms with Gasteiger partial charge in [0.15, 0.2) is 0 Å². The summed E-state index contributed by atoms with van der Waals surface area (Å²) >= 11 is 0. The third kappa shape index (κ3) is 2.35. The maximum Gasteiger partial charge on any atom is 0.326 e. The van der Waals surface area contributed by atoms with Crippen molar-refractivity contribution >= 4 is 28.0 Å². The minimum atomic E-state index is -0.378.